The van der Waals surface area contributed by atoms with Crippen LogP contribution in [0.1, 0.15) is 0 Å². The van der Waals surface area contributed by atoms with Crippen LogP contribution in [0.5, 0.6) is 0 Å². The Balaban J connectivity index is 1.97. The molecule has 2 aromatic carbocycles. The summed E-state index contributed by atoms with van der Waals surface area (Å²) in [5.41, 5.74) is 0.149. The molecule has 3 rings (SSSR count). The summed E-state index contributed by atoms with van der Waals surface area (Å²) in [6.07, 6.45) is 0. The number of benzene rings is 2. The van der Waals surface area contributed by atoms with Crippen LogP contribution >= 0.6 is 22.9 Å². The summed E-state index contributed by atoms with van der Waals surface area (Å²) in [7, 11) is -3.77. The van der Waals surface area contributed by atoms with E-state index in [9.17, 15) is 12.8 Å². The zero-order valence-electron chi connectivity index (χ0n) is 10.4. The molecule has 0 aliphatic carbocycles. The molecule has 0 saturated heterocycles. The fraction of sp³-hybridized carbons (Fsp3) is 0. The van der Waals surface area contributed by atoms with Gasteiger partial charge in [-0.1, -0.05) is 29.0 Å². The largest absolute Gasteiger partial charge is 0.263 e. The molecule has 3 aromatic rings. The predicted molar refractivity (Wildman–Crippen MR) is 81.8 cm³/mol. The van der Waals surface area contributed by atoms with Crippen LogP contribution in [0.15, 0.2) is 47.4 Å². The third-order valence-electron chi connectivity index (χ3n) is 2.72. The number of rotatable bonds is 3. The number of aromatic nitrogens is 1. The van der Waals surface area contributed by atoms with Crippen molar-refractivity contribution in [2.75, 3.05) is 4.72 Å². The molecule has 0 bridgehead atoms. The molecule has 0 spiro atoms. The van der Waals surface area contributed by atoms with E-state index in [-0.39, 0.29) is 15.5 Å². The average molecular weight is 343 g/mol. The summed E-state index contributed by atoms with van der Waals surface area (Å²) in [4.78, 5) is 4.03. The van der Waals surface area contributed by atoms with Crippen LogP contribution in [-0.4, -0.2) is 13.4 Å². The van der Waals surface area contributed by atoms with E-state index in [1.165, 1.54) is 30.3 Å². The van der Waals surface area contributed by atoms with Gasteiger partial charge in [-0.2, -0.15) is 0 Å². The van der Waals surface area contributed by atoms with Crippen molar-refractivity contribution in [1.29, 1.82) is 0 Å². The third-order valence-corrected chi connectivity index (χ3v) is 5.39. The first kappa shape index (κ1) is 14.2. The SMILES string of the molecule is O=S(=O)(Nc1nc2c(F)cccc2s1)c1ccc(Cl)cc1. The van der Waals surface area contributed by atoms with Gasteiger partial charge in [-0.15, -0.1) is 0 Å². The summed E-state index contributed by atoms with van der Waals surface area (Å²) in [6.45, 7) is 0. The van der Waals surface area contributed by atoms with Gasteiger partial charge in [-0.3, -0.25) is 4.72 Å². The van der Waals surface area contributed by atoms with E-state index in [0.29, 0.717) is 9.72 Å². The van der Waals surface area contributed by atoms with Crippen molar-refractivity contribution in [1.82, 2.24) is 4.98 Å². The second-order valence-corrected chi connectivity index (χ2v) is 7.31. The Labute approximate surface area is 129 Å². The van der Waals surface area contributed by atoms with Gasteiger partial charge >= 0.3 is 0 Å². The lowest BCUT2D eigenvalue weighted by Crippen LogP contribution is -2.12. The molecular formula is C13H8ClFN2O2S2. The number of hydrogen-bond donors (Lipinski definition) is 1. The zero-order valence-corrected chi connectivity index (χ0v) is 12.8. The lowest BCUT2D eigenvalue weighted by atomic mass is 10.3. The number of thiazole rings is 1. The molecule has 0 unspecified atom stereocenters. The van der Waals surface area contributed by atoms with E-state index < -0.39 is 15.8 Å². The van der Waals surface area contributed by atoms with Gasteiger partial charge in [0.05, 0.1) is 9.60 Å². The van der Waals surface area contributed by atoms with Crippen molar-refractivity contribution in [3.05, 3.63) is 53.3 Å². The number of nitrogens with zero attached hydrogens (tertiary/aromatic N) is 1. The Hall–Kier alpha value is -1.70. The highest BCUT2D eigenvalue weighted by Gasteiger charge is 2.17. The number of sulfonamides is 1. The topological polar surface area (TPSA) is 59.1 Å². The van der Waals surface area contributed by atoms with Crippen LogP contribution in [-0.2, 0) is 10.0 Å². The smallest absolute Gasteiger partial charge is 0.255 e. The fourth-order valence-corrected chi connectivity index (χ4v) is 3.99. The molecule has 1 N–H and O–H groups in total. The minimum atomic E-state index is -3.77. The van der Waals surface area contributed by atoms with Crippen LogP contribution < -0.4 is 4.72 Å². The Morgan fingerprint density at radius 2 is 1.86 bits per heavy atom. The van der Waals surface area contributed by atoms with Crippen molar-refractivity contribution in [2.45, 2.75) is 4.90 Å². The Morgan fingerprint density at radius 3 is 2.52 bits per heavy atom. The second-order valence-electron chi connectivity index (χ2n) is 4.17. The first-order chi connectivity index (χ1) is 9.95. The monoisotopic (exact) mass is 342 g/mol. The molecule has 0 amide bonds. The van der Waals surface area contributed by atoms with Crippen molar-refractivity contribution >= 4 is 48.3 Å². The average Bonchev–Trinajstić information content (AvgIpc) is 2.82. The van der Waals surface area contributed by atoms with Gasteiger partial charge in [-0.25, -0.2) is 17.8 Å². The van der Waals surface area contributed by atoms with E-state index >= 15 is 0 Å². The van der Waals surface area contributed by atoms with Crippen molar-refractivity contribution in [2.24, 2.45) is 0 Å². The molecule has 108 valence electrons. The first-order valence-corrected chi connectivity index (χ1v) is 8.47. The van der Waals surface area contributed by atoms with Gasteiger partial charge < -0.3 is 0 Å². The molecule has 0 saturated carbocycles. The maximum atomic E-state index is 13.6. The maximum absolute atomic E-state index is 13.6. The number of anilines is 1. The van der Waals surface area contributed by atoms with Crippen molar-refractivity contribution in [3.8, 4) is 0 Å². The van der Waals surface area contributed by atoms with Crippen molar-refractivity contribution < 1.29 is 12.8 Å². The Kier molecular flexibility index (Phi) is 3.56. The molecule has 4 nitrogen and oxygen atoms in total. The number of para-hydroxylation sites is 1. The summed E-state index contributed by atoms with van der Waals surface area (Å²) >= 11 is 6.79. The van der Waals surface area contributed by atoms with Gasteiger partial charge in [0.1, 0.15) is 11.3 Å². The lowest BCUT2D eigenvalue weighted by Gasteiger charge is -2.04. The van der Waals surface area contributed by atoms with Crippen LogP contribution in [0, 0.1) is 5.82 Å². The maximum Gasteiger partial charge on any atom is 0.263 e. The summed E-state index contributed by atoms with van der Waals surface area (Å²) < 4.78 is 40.9. The van der Waals surface area contributed by atoms with Gasteiger partial charge in [0.25, 0.3) is 10.0 Å². The minimum absolute atomic E-state index is 0.0617. The number of fused-ring (bicyclic) bond motifs is 1. The van der Waals surface area contributed by atoms with E-state index in [4.69, 9.17) is 11.6 Å². The van der Waals surface area contributed by atoms with Gasteiger partial charge in [-0.05, 0) is 36.4 Å². The molecule has 0 fully saturated rings. The van der Waals surface area contributed by atoms with Crippen LogP contribution in [0.25, 0.3) is 10.2 Å². The molecule has 21 heavy (non-hydrogen) atoms. The predicted octanol–water partition coefficient (Wildman–Crippen LogP) is 3.89. The first-order valence-electron chi connectivity index (χ1n) is 5.79. The van der Waals surface area contributed by atoms with Gasteiger partial charge in [0, 0.05) is 5.02 Å². The normalized spacial score (nSPS) is 11.7. The molecule has 0 aliphatic rings. The van der Waals surface area contributed by atoms with E-state index in [1.54, 1.807) is 12.1 Å². The highest BCUT2D eigenvalue weighted by Crippen LogP contribution is 2.29. The zero-order chi connectivity index (χ0) is 15.0. The summed E-state index contributed by atoms with van der Waals surface area (Å²) in [6, 6.07) is 10.2. The third kappa shape index (κ3) is 2.85. The Morgan fingerprint density at radius 1 is 1.14 bits per heavy atom. The van der Waals surface area contributed by atoms with E-state index in [2.05, 4.69) is 9.71 Å². The highest BCUT2D eigenvalue weighted by molar-refractivity contribution is 7.93. The van der Waals surface area contributed by atoms with Gasteiger partial charge in [0.2, 0.25) is 0 Å². The van der Waals surface area contributed by atoms with E-state index in [1.807, 2.05) is 0 Å². The summed E-state index contributed by atoms with van der Waals surface area (Å²) in [5.74, 6) is -0.485. The molecule has 0 radical (unpaired) electrons. The van der Waals surface area contributed by atoms with Crippen LogP contribution in [0.4, 0.5) is 9.52 Å². The molecule has 1 aromatic heterocycles. The van der Waals surface area contributed by atoms with Crippen LogP contribution in [0.2, 0.25) is 5.02 Å². The van der Waals surface area contributed by atoms with Crippen LogP contribution in [0.3, 0.4) is 0 Å². The molecule has 0 aliphatic heterocycles. The number of halogens is 2. The standard InChI is InChI=1S/C13H8ClFN2O2S2/c14-8-4-6-9(7-5-8)21(18,19)17-13-16-12-10(15)2-1-3-11(12)20-13/h1-7H,(H,16,17). The van der Waals surface area contributed by atoms with E-state index in [0.717, 1.165) is 11.3 Å². The molecule has 8 heteroatoms. The van der Waals surface area contributed by atoms with Crippen molar-refractivity contribution in [3.63, 3.8) is 0 Å². The second kappa shape index (κ2) is 5.25. The number of hydrogen-bond acceptors (Lipinski definition) is 4. The quantitative estimate of drug-likeness (QED) is 0.785. The molecule has 0 atom stereocenters. The minimum Gasteiger partial charge on any atom is -0.255 e. The highest BCUT2D eigenvalue weighted by atomic mass is 35.5. The lowest BCUT2D eigenvalue weighted by molar-refractivity contribution is 0.601. The molecule has 1 heterocycles. The number of nitrogens with one attached hydrogen (secondary N) is 1. The fourth-order valence-electron chi connectivity index (χ4n) is 1.75. The Bertz CT molecular complexity index is 908. The van der Waals surface area contributed by atoms with Gasteiger partial charge in [0.15, 0.2) is 5.13 Å². The molecular weight excluding hydrogens is 335 g/mol. The summed E-state index contributed by atoms with van der Waals surface area (Å²) in [5, 5.41) is 0.557.